The lowest BCUT2D eigenvalue weighted by Gasteiger charge is -2.20. The van der Waals surface area contributed by atoms with Gasteiger partial charge >= 0.3 is 5.37 Å². The highest BCUT2D eigenvalue weighted by Crippen LogP contribution is 2.32. The molecule has 0 bridgehead atoms. The Balaban J connectivity index is 0.000000596. The first-order valence-corrected chi connectivity index (χ1v) is 9.10. The minimum atomic E-state index is -0.861. The van der Waals surface area contributed by atoms with Gasteiger partial charge in [-0.3, -0.25) is 4.79 Å². The van der Waals surface area contributed by atoms with E-state index in [-0.39, 0.29) is 0 Å². The summed E-state index contributed by atoms with van der Waals surface area (Å²) in [6.07, 6.45) is 3.03. The lowest BCUT2D eigenvalue weighted by atomic mass is 9.89. The van der Waals surface area contributed by atoms with Gasteiger partial charge in [0.05, 0.1) is 28.0 Å². The summed E-state index contributed by atoms with van der Waals surface area (Å²) in [7, 11) is 0. The van der Waals surface area contributed by atoms with Gasteiger partial charge in [-0.15, -0.1) is 0 Å². The molecule has 1 saturated heterocycles. The molecule has 2 aromatic rings. The number of nitrogens with zero attached hydrogens (tertiary/aromatic N) is 3. The Labute approximate surface area is 171 Å². The largest absolute Gasteiger partial charge is 0.356 e. The Bertz CT molecular complexity index is 820. The van der Waals surface area contributed by atoms with E-state index in [1.165, 1.54) is 18.0 Å². The van der Waals surface area contributed by atoms with Crippen LogP contribution in [0.4, 0.5) is 10.7 Å². The third kappa shape index (κ3) is 6.52. The molecular weight excluding hydrogens is 411 g/mol. The first kappa shape index (κ1) is 21.2. The van der Waals surface area contributed by atoms with Crippen molar-refractivity contribution < 1.29 is 4.79 Å². The summed E-state index contributed by atoms with van der Waals surface area (Å²) in [6, 6.07) is 7.80. The maximum Gasteiger partial charge on any atom is 0.311 e. The van der Waals surface area contributed by atoms with Crippen molar-refractivity contribution in [1.82, 2.24) is 15.3 Å². The Kier molecular flexibility index (Phi) is 8.07. The van der Waals surface area contributed by atoms with Crippen molar-refractivity contribution >= 4 is 46.1 Å². The van der Waals surface area contributed by atoms with Crippen LogP contribution in [0.25, 0.3) is 0 Å². The van der Waals surface area contributed by atoms with E-state index in [0.29, 0.717) is 33.4 Å². The molecule has 2 heterocycles. The number of anilines is 1. The quantitative estimate of drug-likeness (QED) is 0.509. The summed E-state index contributed by atoms with van der Waals surface area (Å²) < 4.78 is 0. The third-order valence-corrected chi connectivity index (χ3v) is 4.75. The van der Waals surface area contributed by atoms with Crippen molar-refractivity contribution in [1.29, 1.82) is 5.26 Å². The van der Waals surface area contributed by atoms with Crippen molar-refractivity contribution in [2.24, 2.45) is 11.7 Å². The average Bonchev–Trinajstić information content (AvgIpc) is 3.11. The molecular formula is C17H17Cl3N6O. The second kappa shape index (κ2) is 10.3. The molecule has 0 radical (unpaired) electrons. The van der Waals surface area contributed by atoms with Crippen LogP contribution >= 0.6 is 34.8 Å². The zero-order chi connectivity index (χ0) is 19.8. The fraction of sp³-hybridized carbons (Fsp3) is 0.294. The first-order valence-electron chi connectivity index (χ1n) is 7.97. The number of halogens is 3. The van der Waals surface area contributed by atoms with Gasteiger partial charge in [0.25, 0.3) is 0 Å². The molecule has 1 aromatic heterocycles. The highest BCUT2D eigenvalue weighted by molar-refractivity contribution is 6.62. The van der Waals surface area contributed by atoms with E-state index in [9.17, 15) is 0 Å². The molecule has 2 unspecified atom stereocenters. The maximum absolute atomic E-state index is 8.99. The number of hydrogen-bond acceptors (Lipinski definition) is 6. The molecule has 10 heteroatoms. The van der Waals surface area contributed by atoms with E-state index in [1.54, 1.807) is 0 Å². The lowest BCUT2D eigenvalue weighted by molar-refractivity contribution is 0.266. The SMILES string of the molecule is N#Cc1cnc(NCC2CNCC2c2ccc(Cl)c(Cl)c2)nc1.NC(=O)Cl. The maximum atomic E-state index is 8.99. The number of carbonyl (C=O) groups excluding carboxylic acids is 1. The fourth-order valence-corrected chi connectivity index (χ4v) is 3.09. The van der Waals surface area contributed by atoms with E-state index in [2.05, 4.69) is 37.9 Å². The molecule has 1 fully saturated rings. The van der Waals surface area contributed by atoms with Crippen LogP contribution in [-0.2, 0) is 0 Å². The number of nitrogens with two attached hydrogens (primary N) is 1. The number of nitriles is 1. The molecule has 2 atom stereocenters. The second-order valence-corrected chi connectivity index (χ2v) is 6.98. The zero-order valence-corrected chi connectivity index (χ0v) is 16.4. The van der Waals surface area contributed by atoms with E-state index < -0.39 is 5.37 Å². The van der Waals surface area contributed by atoms with Crippen LogP contribution in [0.15, 0.2) is 30.6 Å². The van der Waals surface area contributed by atoms with Gasteiger partial charge in [0.15, 0.2) is 0 Å². The Hall–Kier alpha value is -2.11. The molecule has 142 valence electrons. The molecule has 3 rings (SSSR count). The number of rotatable bonds is 4. The number of aromatic nitrogens is 2. The Morgan fingerprint density at radius 1 is 1.30 bits per heavy atom. The predicted molar refractivity (Wildman–Crippen MR) is 106 cm³/mol. The molecule has 4 N–H and O–H groups in total. The molecule has 7 nitrogen and oxygen atoms in total. The van der Waals surface area contributed by atoms with E-state index in [4.69, 9.17) is 33.3 Å². The Morgan fingerprint density at radius 3 is 2.56 bits per heavy atom. The number of carbonyl (C=O) groups is 1. The van der Waals surface area contributed by atoms with Gasteiger partial charge in [-0.2, -0.15) is 5.26 Å². The van der Waals surface area contributed by atoms with Crippen LogP contribution in [0.2, 0.25) is 10.0 Å². The van der Waals surface area contributed by atoms with E-state index in [0.717, 1.165) is 19.6 Å². The summed E-state index contributed by atoms with van der Waals surface area (Å²) in [5.74, 6) is 1.28. The standard InChI is InChI=1S/C16H15Cl2N5.CH2ClNO/c17-14-2-1-11(3-15(14)18)13-9-20-7-12(13)8-23-16-21-5-10(4-19)6-22-16;2-1(3)4/h1-3,5-6,12-13,20H,7-9H2,(H,21,22,23);(H2,3,4). The van der Waals surface area contributed by atoms with Crippen molar-refractivity contribution in [2.75, 3.05) is 25.0 Å². The Morgan fingerprint density at radius 2 is 1.96 bits per heavy atom. The van der Waals surface area contributed by atoms with Crippen molar-refractivity contribution in [3.05, 3.63) is 51.8 Å². The van der Waals surface area contributed by atoms with Gasteiger partial charge in [-0.05, 0) is 35.2 Å². The minimum Gasteiger partial charge on any atom is -0.356 e. The molecule has 1 aliphatic heterocycles. The van der Waals surface area contributed by atoms with Gasteiger partial charge in [0.1, 0.15) is 6.07 Å². The van der Waals surface area contributed by atoms with Crippen molar-refractivity contribution in [2.45, 2.75) is 5.92 Å². The topological polar surface area (TPSA) is 117 Å². The fourth-order valence-electron chi connectivity index (χ4n) is 2.78. The lowest BCUT2D eigenvalue weighted by Crippen LogP contribution is -2.21. The molecule has 0 aliphatic carbocycles. The van der Waals surface area contributed by atoms with E-state index >= 15 is 0 Å². The van der Waals surface area contributed by atoms with Gasteiger partial charge in [0.2, 0.25) is 5.95 Å². The van der Waals surface area contributed by atoms with Crippen LogP contribution in [0.3, 0.4) is 0 Å². The van der Waals surface area contributed by atoms with Crippen LogP contribution in [0.5, 0.6) is 0 Å². The van der Waals surface area contributed by atoms with Crippen LogP contribution in [-0.4, -0.2) is 35.0 Å². The third-order valence-electron chi connectivity index (χ3n) is 4.01. The summed E-state index contributed by atoms with van der Waals surface area (Å²) in [4.78, 5) is 17.2. The molecule has 27 heavy (non-hydrogen) atoms. The first-order chi connectivity index (χ1) is 12.9. The summed E-state index contributed by atoms with van der Waals surface area (Å²) in [6.45, 7) is 2.55. The summed E-state index contributed by atoms with van der Waals surface area (Å²) in [5.41, 5.74) is 5.87. The molecule has 1 aliphatic rings. The highest BCUT2D eigenvalue weighted by Gasteiger charge is 2.28. The van der Waals surface area contributed by atoms with Gasteiger partial charge in [-0.1, -0.05) is 29.3 Å². The molecule has 1 amide bonds. The zero-order valence-electron chi connectivity index (χ0n) is 14.1. The summed E-state index contributed by atoms with van der Waals surface area (Å²) in [5, 5.41) is 15.7. The average molecular weight is 428 g/mol. The van der Waals surface area contributed by atoms with Crippen LogP contribution in [0, 0.1) is 17.2 Å². The minimum absolute atomic E-state index is 0.357. The van der Waals surface area contributed by atoms with Gasteiger partial charge in [-0.25, -0.2) is 9.97 Å². The predicted octanol–water partition coefficient (Wildman–Crippen LogP) is 3.37. The number of benzene rings is 1. The normalized spacial score (nSPS) is 18.1. The van der Waals surface area contributed by atoms with E-state index in [1.807, 2.05) is 24.3 Å². The van der Waals surface area contributed by atoms with Crippen LogP contribution in [0.1, 0.15) is 17.0 Å². The monoisotopic (exact) mass is 426 g/mol. The highest BCUT2D eigenvalue weighted by atomic mass is 35.5. The molecule has 0 spiro atoms. The summed E-state index contributed by atoms with van der Waals surface area (Å²) >= 11 is 16.5. The number of hydrogen-bond donors (Lipinski definition) is 3. The number of primary amides is 1. The van der Waals surface area contributed by atoms with Crippen molar-refractivity contribution in [3.8, 4) is 6.07 Å². The molecule has 0 saturated carbocycles. The number of amides is 1. The second-order valence-electron chi connectivity index (χ2n) is 5.79. The van der Waals surface area contributed by atoms with Gasteiger partial charge < -0.3 is 16.4 Å². The number of nitrogens with one attached hydrogen (secondary N) is 2. The smallest absolute Gasteiger partial charge is 0.311 e. The van der Waals surface area contributed by atoms with Crippen molar-refractivity contribution in [3.63, 3.8) is 0 Å². The van der Waals surface area contributed by atoms with Gasteiger partial charge in [0, 0.05) is 25.6 Å². The molecule has 1 aromatic carbocycles. The van der Waals surface area contributed by atoms with Crippen LogP contribution < -0.4 is 16.4 Å².